The van der Waals surface area contributed by atoms with Crippen LogP contribution in [0, 0.1) is 0 Å². The third-order valence-electron chi connectivity index (χ3n) is 1.57. The first-order chi connectivity index (χ1) is 6.67. The Morgan fingerprint density at radius 2 is 2.14 bits per heavy atom. The number of aliphatic hydroxyl groups is 2. The van der Waals surface area contributed by atoms with Crippen molar-refractivity contribution in [1.29, 1.82) is 0 Å². The minimum Gasteiger partial charge on any atom is -0.394 e. The third-order valence-corrected chi connectivity index (χ3v) is 3.20. The van der Waals surface area contributed by atoms with Crippen molar-refractivity contribution in [3.63, 3.8) is 0 Å². The number of hydrogen-bond acceptors (Lipinski definition) is 4. The molecular weight excluding hydrogens is 270 g/mol. The molecule has 0 saturated carbocycles. The van der Waals surface area contributed by atoms with E-state index >= 15 is 0 Å². The molecule has 0 aliphatic rings. The third kappa shape index (κ3) is 3.06. The fourth-order valence-electron chi connectivity index (χ4n) is 0.842. The van der Waals surface area contributed by atoms with Crippen molar-refractivity contribution in [2.75, 3.05) is 13.2 Å². The Morgan fingerprint density at radius 3 is 2.57 bits per heavy atom. The number of halogens is 1. The lowest BCUT2D eigenvalue weighted by molar-refractivity contribution is 0.0883. The summed E-state index contributed by atoms with van der Waals surface area (Å²) in [6.45, 7) is -0.538. The van der Waals surface area contributed by atoms with Crippen LogP contribution in [0.4, 0.5) is 0 Å². The largest absolute Gasteiger partial charge is 0.394 e. The number of nitrogens with one attached hydrogen (secondary N) is 1. The number of carbonyl (C=O) groups excluding carboxylic acids is 1. The number of carbonyl (C=O) groups is 1. The highest BCUT2D eigenvalue weighted by Gasteiger charge is 2.13. The smallest absolute Gasteiger partial charge is 0.261 e. The number of thiophene rings is 1. The number of aliphatic hydroxyl groups excluding tert-OH is 2. The molecule has 3 N–H and O–H groups in total. The van der Waals surface area contributed by atoms with Crippen LogP contribution in [0.2, 0.25) is 0 Å². The highest BCUT2D eigenvalue weighted by atomic mass is 79.9. The monoisotopic (exact) mass is 279 g/mol. The SMILES string of the molecule is O=C(NC(CO)CO)c1ccc(Br)s1. The molecule has 1 heterocycles. The van der Waals surface area contributed by atoms with Gasteiger partial charge in [0.15, 0.2) is 0 Å². The molecule has 0 radical (unpaired) electrons. The van der Waals surface area contributed by atoms with Crippen LogP contribution in [0.25, 0.3) is 0 Å². The van der Waals surface area contributed by atoms with Gasteiger partial charge < -0.3 is 15.5 Å². The predicted octanol–water partition coefficient (Wildman–Crippen LogP) is 0.594. The summed E-state index contributed by atoms with van der Waals surface area (Å²) in [5, 5.41) is 20.0. The lowest BCUT2D eigenvalue weighted by Gasteiger charge is -2.11. The first-order valence-electron chi connectivity index (χ1n) is 3.95. The molecule has 0 aliphatic heterocycles. The Hall–Kier alpha value is -0.430. The van der Waals surface area contributed by atoms with Crippen LogP contribution in [-0.4, -0.2) is 35.4 Å². The van der Waals surface area contributed by atoms with E-state index in [1.54, 1.807) is 12.1 Å². The minimum atomic E-state index is -0.594. The van der Waals surface area contributed by atoms with E-state index in [2.05, 4.69) is 21.2 Å². The van der Waals surface area contributed by atoms with E-state index in [1.807, 2.05) is 0 Å². The fourth-order valence-corrected chi connectivity index (χ4v) is 2.13. The van der Waals surface area contributed by atoms with Gasteiger partial charge in [0, 0.05) is 0 Å². The van der Waals surface area contributed by atoms with E-state index in [-0.39, 0.29) is 19.1 Å². The first kappa shape index (κ1) is 11.6. The zero-order valence-corrected chi connectivity index (χ0v) is 9.64. The van der Waals surface area contributed by atoms with E-state index in [4.69, 9.17) is 10.2 Å². The molecule has 1 rings (SSSR count). The second kappa shape index (κ2) is 5.45. The van der Waals surface area contributed by atoms with Crippen LogP contribution in [0.3, 0.4) is 0 Å². The van der Waals surface area contributed by atoms with Gasteiger partial charge in [-0.05, 0) is 28.1 Å². The van der Waals surface area contributed by atoms with Gasteiger partial charge in [-0.2, -0.15) is 0 Å². The lowest BCUT2D eigenvalue weighted by Crippen LogP contribution is -2.39. The van der Waals surface area contributed by atoms with E-state index in [0.29, 0.717) is 4.88 Å². The van der Waals surface area contributed by atoms with Gasteiger partial charge >= 0.3 is 0 Å². The van der Waals surface area contributed by atoms with Gasteiger partial charge in [0.1, 0.15) is 0 Å². The molecule has 0 atom stereocenters. The van der Waals surface area contributed by atoms with Gasteiger partial charge in [-0.1, -0.05) is 0 Å². The van der Waals surface area contributed by atoms with Crippen LogP contribution in [-0.2, 0) is 0 Å². The summed E-state index contributed by atoms with van der Waals surface area (Å²) in [5.74, 6) is -0.284. The maximum Gasteiger partial charge on any atom is 0.261 e. The van der Waals surface area contributed by atoms with Crippen molar-refractivity contribution in [3.8, 4) is 0 Å². The summed E-state index contributed by atoms with van der Waals surface area (Å²) >= 11 is 4.54. The number of hydrogen-bond donors (Lipinski definition) is 3. The van der Waals surface area contributed by atoms with Crippen molar-refractivity contribution in [2.45, 2.75) is 6.04 Å². The molecule has 6 heteroatoms. The van der Waals surface area contributed by atoms with Crippen molar-refractivity contribution in [2.24, 2.45) is 0 Å². The van der Waals surface area contributed by atoms with Crippen molar-refractivity contribution in [1.82, 2.24) is 5.32 Å². The minimum absolute atomic E-state index is 0.269. The summed E-state index contributed by atoms with van der Waals surface area (Å²) < 4.78 is 0.868. The topological polar surface area (TPSA) is 69.6 Å². The van der Waals surface area contributed by atoms with Gasteiger partial charge in [0.25, 0.3) is 5.91 Å². The lowest BCUT2D eigenvalue weighted by atomic mass is 10.3. The standard InChI is InChI=1S/C8H10BrNO3S/c9-7-2-1-6(14-7)8(13)10-5(3-11)4-12/h1-2,5,11-12H,3-4H2,(H,10,13). The summed E-state index contributed by atoms with van der Waals surface area (Å²) in [5.41, 5.74) is 0. The van der Waals surface area contributed by atoms with Crippen LogP contribution in [0.1, 0.15) is 9.67 Å². The van der Waals surface area contributed by atoms with Gasteiger partial charge in [-0.25, -0.2) is 0 Å². The quantitative estimate of drug-likeness (QED) is 0.756. The molecule has 0 saturated heterocycles. The second-order valence-electron chi connectivity index (χ2n) is 2.64. The molecular formula is C8H10BrNO3S. The van der Waals surface area contributed by atoms with Crippen LogP contribution in [0.15, 0.2) is 15.9 Å². The first-order valence-corrected chi connectivity index (χ1v) is 5.56. The normalized spacial score (nSPS) is 10.6. The molecule has 1 amide bonds. The molecule has 1 aromatic heterocycles. The maximum atomic E-state index is 11.4. The summed E-state index contributed by atoms with van der Waals surface area (Å²) in [4.78, 5) is 12.0. The Labute approximate surface area is 93.7 Å². The van der Waals surface area contributed by atoms with Crippen LogP contribution >= 0.6 is 27.3 Å². The van der Waals surface area contributed by atoms with Crippen molar-refractivity contribution in [3.05, 3.63) is 20.8 Å². The molecule has 78 valence electrons. The van der Waals surface area contributed by atoms with Crippen molar-refractivity contribution < 1.29 is 15.0 Å². The van der Waals surface area contributed by atoms with Crippen molar-refractivity contribution >= 4 is 33.2 Å². The summed E-state index contributed by atoms with van der Waals surface area (Å²) in [6.07, 6.45) is 0. The Balaban J connectivity index is 2.58. The average molecular weight is 280 g/mol. The Bertz CT molecular complexity index is 311. The number of amides is 1. The highest BCUT2D eigenvalue weighted by molar-refractivity contribution is 9.11. The Kier molecular flexibility index (Phi) is 4.53. The summed E-state index contributed by atoms with van der Waals surface area (Å²) in [6, 6.07) is 2.85. The van der Waals surface area contributed by atoms with E-state index < -0.39 is 6.04 Å². The Morgan fingerprint density at radius 1 is 1.50 bits per heavy atom. The maximum absolute atomic E-state index is 11.4. The molecule has 1 aromatic rings. The highest BCUT2D eigenvalue weighted by Crippen LogP contribution is 2.21. The average Bonchev–Trinajstić information content (AvgIpc) is 2.61. The zero-order chi connectivity index (χ0) is 10.6. The molecule has 0 spiro atoms. The molecule has 14 heavy (non-hydrogen) atoms. The predicted molar refractivity (Wildman–Crippen MR) is 57.4 cm³/mol. The number of rotatable bonds is 4. The van der Waals surface area contributed by atoms with E-state index in [1.165, 1.54) is 11.3 Å². The van der Waals surface area contributed by atoms with E-state index in [9.17, 15) is 4.79 Å². The van der Waals surface area contributed by atoms with Gasteiger partial charge in [0.05, 0.1) is 27.9 Å². The zero-order valence-electron chi connectivity index (χ0n) is 7.24. The molecule has 0 aliphatic carbocycles. The molecule has 4 nitrogen and oxygen atoms in total. The summed E-state index contributed by atoms with van der Waals surface area (Å²) in [7, 11) is 0. The molecule has 0 fully saturated rings. The van der Waals surface area contributed by atoms with E-state index in [0.717, 1.165) is 3.79 Å². The van der Waals surface area contributed by atoms with Gasteiger partial charge in [-0.3, -0.25) is 4.79 Å². The second-order valence-corrected chi connectivity index (χ2v) is 5.10. The van der Waals surface area contributed by atoms with Crippen LogP contribution < -0.4 is 5.32 Å². The van der Waals surface area contributed by atoms with Gasteiger partial charge in [-0.15, -0.1) is 11.3 Å². The molecule has 0 aromatic carbocycles. The molecule has 0 unspecified atom stereocenters. The van der Waals surface area contributed by atoms with Gasteiger partial charge in [0.2, 0.25) is 0 Å². The fraction of sp³-hybridized carbons (Fsp3) is 0.375. The molecule has 0 bridgehead atoms. The van der Waals surface area contributed by atoms with Crippen LogP contribution in [0.5, 0.6) is 0 Å².